The number of hydrogen-bond acceptors (Lipinski definition) is 6. The third kappa shape index (κ3) is 2.81. The van der Waals surface area contributed by atoms with Gasteiger partial charge in [-0.05, 0) is 12.5 Å². The Balaban J connectivity index is 1.68. The predicted octanol–water partition coefficient (Wildman–Crippen LogP) is 0.123. The summed E-state index contributed by atoms with van der Waals surface area (Å²) in [6.45, 7) is 0.731. The van der Waals surface area contributed by atoms with E-state index in [1.54, 1.807) is 23.2 Å². The van der Waals surface area contributed by atoms with Gasteiger partial charge in [0.05, 0.1) is 12.4 Å². The smallest absolute Gasteiger partial charge is 0.248 e. The zero-order valence-electron chi connectivity index (χ0n) is 13.0. The maximum Gasteiger partial charge on any atom is 0.248 e. The summed E-state index contributed by atoms with van der Waals surface area (Å²) in [5.74, 6) is 0.333. The van der Waals surface area contributed by atoms with Crippen LogP contribution in [0.4, 0.5) is 0 Å². The molecule has 2 aliphatic rings. The molecule has 23 heavy (non-hydrogen) atoms. The van der Waals surface area contributed by atoms with Crippen LogP contribution in [0.5, 0.6) is 5.88 Å². The number of carbonyl (C=O) groups excluding carboxylic acids is 1. The molecular formula is C15H20N2O5S. The van der Waals surface area contributed by atoms with Crippen LogP contribution in [-0.4, -0.2) is 68.1 Å². The second kappa shape index (κ2) is 6.09. The quantitative estimate of drug-likeness (QED) is 0.757. The van der Waals surface area contributed by atoms with Gasteiger partial charge in [-0.3, -0.25) is 4.79 Å². The van der Waals surface area contributed by atoms with Gasteiger partial charge in [0.15, 0.2) is 9.84 Å². The predicted molar refractivity (Wildman–Crippen MR) is 82.8 cm³/mol. The van der Waals surface area contributed by atoms with Crippen molar-refractivity contribution in [1.82, 2.24) is 9.88 Å². The number of carbonyl (C=O) groups is 1. The van der Waals surface area contributed by atoms with E-state index in [-0.39, 0.29) is 37.3 Å². The first-order valence-electron chi connectivity index (χ1n) is 7.51. The van der Waals surface area contributed by atoms with Gasteiger partial charge in [0.25, 0.3) is 0 Å². The highest BCUT2D eigenvalue weighted by atomic mass is 32.2. The maximum absolute atomic E-state index is 12.5. The summed E-state index contributed by atoms with van der Waals surface area (Å²) >= 11 is 0. The Morgan fingerprint density at radius 3 is 2.87 bits per heavy atom. The van der Waals surface area contributed by atoms with Gasteiger partial charge < -0.3 is 14.4 Å². The Kier molecular flexibility index (Phi) is 4.29. The summed E-state index contributed by atoms with van der Waals surface area (Å²) in [5.41, 5.74) is 0. The lowest BCUT2D eigenvalue weighted by atomic mass is 9.83. The number of ether oxygens (including phenoxy) is 2. The van der Waals surface area contributed by atoms with E-state index in [0.717, 1.165) is 0 Å². The molecule has 3 rings (SSSR count). The first-order valence-corrected chi connectivity index (χ1v) is 9.16. The van der Waals surface area contributed by atoms with E-state index in [0.29, 0.717) is 18.9 Å². The molecule has 0 saturated carbocycles. The zero-order chi connectivity index (χ0) is 16.5. The number of sulfone groups is 1. The molecule has 1 amide bonds. The molecule has 0 radical (unpaired) electrons. The molecule has 1 aromatic rings. The van der Waals surface area contributed by atoms with E-state index in [4.69, 9.17) is 9.47 Å². The Bertz CT molecular complexity index is 670. The lowest BCUT2D eigenvalue weighted by Crippen LogP contribution is -2.69. The molecule has 3 heterocycles. The van der Waals surface area contributed by atoms with E-state index in [9.17, 15) is 13.2 Å². The van der Waals surface area contributed by atoms with Gasteiger partial charge in [0.1, 0.15) is 11.4 Å². The SMILES string of the molecule is COCC(=O)N1CC2(C1)C(COc1ccccn1)CCS2(=O)=O. The van der Waals surface area contributed by atoms with Crippen molar-refractivity contribution in [3.63, 3.8) is 0 Å². The van der Waals surface area contributed by atoms with Gasteiger partial charge in [-0.15, -0.1) is 0 Å². The highest BCUT2D eigenvalue weighted by molar-refractivity contribution is 7.93. The number of hydrogen-bond donors (Lipinski definition) is 0. The number of rotatable bonds is 5. The van der Waals surface area contributed by atoms with Crippen LogP contribution in [-0.2, 0) is 19.4 Å². The van der Waals surface area contributed by atoms with E-state index in [1.807, 2.05) is 6.07 Å². The number of methoxy groups -OCH3 is 1. The average Bonchev–Trinajstić information content (AvgIpc) is 2.75. The Labute approximate surface area is 135 Å². The van der Waals surface area contributed by atoms with Crippen molar-refractivity contribution in [2.75, 3.05) is 39.2 Å². The fraction of sp³-hybridized carbons (Fsp3) is 0.600. The molecular weight excluding hydrogens is 320 g/mol. The fourth-order valence-corrected chi connectivity index (χ4v) is 5.72. The third-order valence-electron chi connectivity index (χ3n) is 4.71. The van der Waals surface area contributed by atoms with Crippen molar-refractivity contribution in [1.29, 1.82) is 0 Å². The summed E-state index contributed by atoms with van der Waals surface area (Å²) in [6.07, 6.45) is 2.19. The second-order valence-corrected chi connectivity index (χ2v) is 8.48. The van der Waals surface area contributed by atoms with Crippen molar-refractivity contribution in [3.8, 4) is 5.88 Å². The minimum atomic E-state index is -3.22. The molecule has 0 N–H and O–H groups in total. The largest absolute Gasteiger partial charge is 0.477 e. The van der Waals surface area contributed by atoms with Gasteiger partial charge in [0, 0.05) is 38.4 Å². The normalized spacial score (nSPS) is 24.4. The monoisotopic (exact) mass is 340 g/mol. The van der Waals surface area contributed by atoms with Gasteiger partial charge in [-0.2, -0.15) is 0 Å². The topological polar surface area (TPSA) is 85.8 Å². The summed E-state index contributed by atoms with van der Waals surface area (Å²) in [5, 5.41) is 0. The molecule has 0 bridgehead atoms. The van der Waals surface area contributed by atoms with Crippen molar-refractivity contribution in [3.05, 3.63) is 24.4 Å². The highest BCUT2D eigenvalue weighted by Crippen LogP contribution is 2.44. The lowest BCUT2D eigenvalue weighted by molar-refractivity contribution is -0.141. The Hall–Kier alpha value is -1.67. The first-order chi connectivity index (χ1) is 11.0. The second-order valence-electron chi connectivity index (χ2n) is 6.03. The Morgan fingerprint density at radius 1 is 1.43 bits per heavy atom. The number of likely N-dealkylation sites (tertiary alicyclic amines) is 1. The van der Waals surface area contributed by atoms with Crippen LogP contribution in [0.2, 0.25) is 0 Å². The first kappa shape index (κ1) is 16.2. The van der Waals surface area contributed by atoms with Gasteiger partial charge in [0.2, 0.25) is 11.8 Å². The Morgan fingerprint density at radius 2 is 2.22 bits per heavy atom. The molecule has 1 unspecified atom stereocenters. The summed E-state index contributed by atoms with van der Waals surface area (Å²) < 4.78 is 34.6. The third-order valence-corrected chi connectivity index (χ3v) is 7.31. The van der Waals surface area contributed by atoms with Crippen LogP contribution in [0.15, 0.2) is 24.4 Å². The number of pyridine rings is 1. The maximum atomic E-state index is 12.5. The molecule has 1 spiro atoms. The zero-order valence-corrected chi connectivity index (χ0v) is 13.8. The minimum Gasteiger partial charge on any atom is -0.477 e. The van der Waals surface area contributed by atoms with Crippen LogP contribution in [0, 0.1) is 5.92 Å². The van der Waals surface area contributed by atoms with Crippen molar-refractivity contribution >= 4 is 15.7 Å². The van der Waals surface area contributed by atoms with Crippen molar-refractivity contribution < 1.29 is 22.7 Å². The molecule has 126 valence electrons. The molecule has 0 aromatic carbocycles. The molecule has 7 nitrogen and oxygen atoms in total. The van der Waals surface area contributed by atoms with E-state index in [2.05, 4.69) is 4.98 Å². The highest BCUT2D eigenvalue weighted by Gasteiger charge is 2.62. The molecule has 2 saturated heterocycles. The van der Waals surface area contributed by atoms with Crippen molar-refractivity contribution in [2.24, 2.45) is 5.92 Å². The van der Waals surface area contributed by atoms with Gasteiger partial charge >= 0.3 is 0 Å². The number of aromatic nitrogens is 1. The molecule has 2 fully saturated rings. The van der Waals surface area contributed by atoms with Gasteiger partial charge in [-0.25, -0.2) is 13.4 Å². The van der Waals surface area contributed by atoms with E-state index < -0.39 is 14.6 Å². The molecule has 8 heteroatoms. The average molecular weight is 340 g/mol. The number of nitrogens with zero attached hydrogens (tertiary/aromatic N) is 2. The van der Waals surface area contributed by atoms with Crippen LogP contribution in [0.1, 0.15) is 6.42 Å². The number of amides is 1. The standard InChI is InChI=1S/C15H20N2O5S/c1-21-9-14(18)17-10-15(11-17)12(5-7-23(15,19)20)8-22-13-4-2-3-6-16-13/h2-4,6,12H,5,7-11H2,1H3. The molecule has 1 atom stereocenters. The minimum absolute atomic E-state index is 0.0226. The molecule has 2 aliphatic heterocycles. The molecule has 0 aliphatic carbocycles. The lowest BCUT2D eigenvalue weighted by Gasteiger charge is -2.49. The summed E-state index contributed by atoms with van der Waals surface area (Å²) in [7, 11) is -1.77. The molecule has 1 aromatic heterocycles. The van der Waals surface area contributed by atoms with E-state index in [1.165, 1.54) is 7.11 Å². The summed E-state index contributed by atoms with van der Waals surface area (Å²) in [6, 6.07) is 5.35. The van der Waals surface area contributed by atoms with Crippen LogP contribution >= 0.6 is 0 Å². The van der Waals surface area contributed by atoms with Crippen LogP contribution < -0.4 is 4.74 Å². The summed E-state index contributed by atoms with van der Waals surface area (Å²) in [4.78, 5) is 17.5. The van der Waals surface area contributed by atoms with E-state index >= 15 is 0 Å². The van der Waals surface area contributed by atoms with Crippen molar-refractivity contribution in [2.45, 2.75) is 11.2 Å². The van der Waals surface area contributed by atoms with Crippen LogP contribution in [0.25, 0.3) is 0 Å². The fourth-order valence-electron chi connectivity index (χ4n) is 3.32. The van der Waals surface area contributed by atoms with Crippen LogP contribution in [0.3, 0.4) is 0 Å². The van der Waals surface area contributed by atoms with Gasteiger partial charge in [-0.1, -0.05) is 6.07 Å².